The van der Waals surface area contributed by atoms with Crippen molar-refractivity contribution in [2.75, 3.05) is 13.2 Å². The molecule has 0 aromatic heterocycles. The van der Waals surface area contributed by atoms with Gasteiger partial charge in [-0.2, -0.15) is 8.78 Å². The van der Waals surface area contributed by atoms with Crippen molar-refractivity contribution in [2.45, 2.75) is 6.05 Å². The predicted octanol–water partition coefficient (Wildman–Crippen LogP) is 1.84. The van der Waals surface area contributed by atoms with E-state index in [9.17, 15) is 13.6 Å². The van der Waals surface area contributed by atoms with E-state index in [2.05, 4.69) is 4.99 Å². The van der Waals surface area contributed by atoms with Gasteiger partial charge in [-0.1, -0.05) is 0 Å². The molecule has 1 aliphatic heterocycles. The SMILES string of the molecule is O=C=NC(F)(F)c1ccc2c(c1)OCCO2. The third-order valence-electron chi connectivity index (χ3n) is 2.08. The van der Waals surface area contributed by atoms with Crippen molar-refractivity contribution in [2.24, 2.45) is 4.99 Å². The molecular formula is C10H7F2NO3. The molecule has 0 atom stereocenters. The summed E-state index contributed by atoms with van der Waals surface area (Å²) < 4.78 is 36.7. The van der Waals surface area contributed by atoms with Crippen LogP contribution in [0.5, 0.6) is 11.5 Å². The van der Waals surface area contributed by atoms with Crippen LogP contribution in [0.4, 0.5) is 8.78 Å². The molecule has 16 heavy (non-hydrogen) atoms. The average molecular weight is 227 g/mol. The molecule has 0 fully saturated rings. The van der Waals surface area contributed by atoms with Gasteiger partial charge in [-0.3, -0.25) is 0 Å². The fourth-order valence-corrected chi connectivity index (χ4v) is 1.35. The first-order chi connectivity index (χ1) is 7.63. The van der Waals surface area contributed by atoms with E-state index in [-0.39, 0.29) is 5.75 Å². The van der Waals surface area contributed by atoms with Crippen LogP contribution in [0.2, 0.25) is 0 Å². The molecule has 4 nitrogen and oxygen atoms in total. The summed E-state index contributed by atoms with van der Waals surface area (Å²) in [5.41, 5.74) is -0.430. The largest absolute Gasteiger partial charge is 0.486 e. The molecule has 1 aliphatic rings. The number of ether oxygens (including phenoxy) is 2. The number of carbonyl (C=O) groups excluding carboxylic acids is 1. The Morgan fingerprint density at radius 2 is 1.94 bits per heavy atom. The van der Waals surface area contributed by atoms with Crippen LogP contribution in [0.25, 0.3) is 0 Å². The lowest BCUT2D eigenvalue weighted by Gasteiger charge is -2.19. The van der Waals surface area contributed by atoms with Crippen molar-refractivity contribution in [3.8, 4) is 11.5 Å². The lowest BCUT2D eigenvalue weighted by molar-refractivity contribution is 0.00567. The quantitative estimate of drug-likeness (QED) is 0.440. The molecule has 0 unspecified atom stereocenters. The third-order valence-corrected chi connectivity index (χ3v) is 2.08. The van der Waals surface area contributed by atoms with Crippen molar-refractivity contribution >= 4 is 6.08 Å². The summed E-state index contributed by atoms with van der Waals surface area (Å²) >= 11 is 0. The van der Waals surface area contributed by atoms with Crippen LogP contribution in [0.15, 0.2) is 23.2 Å². The number of halogens is 2. The highest BCUT2D eigenvalue weighted by Gasteiger charge is 2.32. The minimum atomic E-state index is -3.59. The summed E-state index contributed by atoms with van der Waals surface area (Å²) in [5, 5.41) is 0. The van der Waals surface area contributed by atoms with Crippen molar-refractivity contribution in [3.63, 3.8) is 0 Å². The molecule has 0 aliphatic carbocycles. The van der Waals surface area contributed by atoms with E-state index in [1.54, 1.807) is 0 Å². The van der Waals surface area contributed by atoms with Crippen LogP contribution in [0, 0.1) is 0 Å². The fourth-order valence-electron chi connectivity index (χ4n) is 1.35. The molecule has 1 aromatic rings. The number of hydrogen-bond acceptors (Lipinski definition) is 4. The van der Waals surface area contributed by atoms with E-state index in [1.807, 2.05) is 0 Å². The van der Waals surface area contributed by atoms with Crippen molar-refractivity contribution < 1.29 is 23.0 Å². The van der Waals surface area contributed by atoms with E-state index in [0.717, 1.165) is 18.2 Å². The fraction of sp³-hybridized carbons (Fsp3) is 0.300. The Kier molecular flexibility index (Phi) is 2.58. The lowest BCUT2D eigenvalue weighted by Crippen LogP contribution is -2.17. The van der Waals surface area contributed by atoms with Crippen molar-refractivity contribution in [1.82, 2.24) is 0 Å². The summed E-state index contributed by atoms with van der Waals surface area (Å²) in [6.45, 7) is 0.689. The zero-order valence-electron chi connectivity index (χ0n) is 8.07. The maximum atomic E-state index is 13.2. The molecule has 84 valence electrons. The van der Waals surface area contributed by atoms with Crippen LogP contribution in [0.1, 0.15) is 5.56 Å². The second kappa shape index (κ2) is 3.90. The first-order valence-corrected chi connectivity index (χ1v) is 4.50. The molecule has 1 heterocycles. The third kappa shape index (κ3) is 1.87. The maximum Gasteiger partial charge on any atom is 0.379 e. The zero-order valence-corrected chi connectivity index (χ0v) is 8.07. The molecule has 0 saturated carbocycles. The molecule has 1 aromatic carbocycles. The summed E-state index contributed by atoms with van der Waals surface area (Å²) in [6, 6.07) is 0.0132. The molecule has 2 rings (SSSR count). The Balaban J connectivity index is 2.40. The van der Waals surface area contributed by atoms with E-state index >= 15 is 0 Å². The van der Waals surface area contributed by atoms with Crippen LogP contribution < -0.4 is 9.47 Å². The number of hydrogen-bond donors (Lipinski definition) is 0. The summed E-state index contributed by atoms with van der Waals surface area (Å²) in [5.74, 6) is 0.630. The Morgan fingerprint density at radius 1 is 1.25 bits per heavy atom. The number of nitrogens with zero attached hydrogens (tertiary/aromatic N) is 1. The van der Waals surface area contributed by atoms with Gasteiger partial charge in [-0.05, 0) is 18.2 Å². The Morgan fingerprint density at radius 3 is 2.62 bits per heavy atom. The van der Waals surface area contributed by atoms with Gasteiger partial charge in [-0.25, -0.2) is 4.79 Å². The predicted molar refractivity (Wildman–Crippen MR) is 49.4 cm³/mol. The summed E-state index contributed by atoms with van der Waals surface area (Å²) in [7, 11) is 0. The molecular weight excluding hydrogens is 220 g/mol. The second-order valence-electron chi connectivity index (χ2n) is 3.10. The Hall–Kier alpha value is -1.94. The van der Waals surface area contributed by atoms with E-state index in [4.69, 9.17) is 9.47 Å². The number of aliphatic imine (C=N–C) groups is 1. The summed E-state index contributed by atoms with van der Waals surface area (Å²) in [4.78, 5) is 12.3. The van der Waals surface area contributed by atoms with Crippen LogP contribution in [-0.2, 0) is 10.8 Å². The molecule has 0 radical (unpaired) electrons. The zero-order chi connectivity index (χ0) is 11.6. The number of rotatable bonds is 2. The van der Waals surface area contributed by atoms with Gasteiger partial charge in [0.05, 0.1) is 0 Å². The molecule has 0 spiro atoms. The van der Waals surface area contributed by atoms with Crippen LogP contribution in [0.3, 0.4) is 0 Å². The van der Waals surface area contributed by atoms with Gasteiger partial charge >= 0.3 is 6.05 Å². The van der Waals surface area contributed by atoms with E-state index in [0.29, 0.717) is 19.0 Å². The molecule has 0 bridgehead atoms. The maximum absolute atomic E-state index is 13.2. The Bertz CT molecular complexity index is 455. The highest BCUT2D eigenvalue weighted by molar-refractivity contribution is 5.45. The van der Waals surface area contributed by atoms with Crippen LogP contribution >= 0.6 is 0 Å². The molecule has 6 heteroatoms. The van der Waals surface area contributed by atoms with E-state index in [1.165, 1.54) is 6.07 Å². The monoisotopic (exact) mass is 227 g/mol. The molecule has 0 N–H and O–H groups in total. The van der Waals surface area contributed by atoms with Crippen molar-refractivity contribution in [3.05, 3.63) is 23.8 Å². The normalized spacial score (nSPS) is 14.1. The highest BCUT2D eigenvalue weighted by Crippen LogP contribution is 2.37. The molecule has 0 saturated heterocycles. The minimum absolute atomic E-state index is 0.226. The first-order valence-electron chi connectivity index (χ1n) is 4.50. The minimum Gasteiger partial charge on any atom is -0.486 e. The summed E-state index contributed by atoms with van der Waals surface area (Å²) in [6.07, 6.45) is 0.839. The van der Waals surface area contributed by atoms with Gasteiger partial charge in [0, 0.05) is 5.56 Å². The average Bonchev–Trinajstić information content (AvgIpc) is 2.28. The van der Waals surface area contributed by atoms with Gasteiger partial charge in [0.15, 0.2) is 11.5 Å². The smallest absolute Gasteiger partial charge is 0.379 e. The Labute approximate surface area is 89.5 Å². The van der Waals surface area contributed by atoms with Gasteiger partial charge in [0.1, 0.15) is 13.2 Å². The topological polar surface area (TPSA) is 47.9 Å². The van der Waals surface area contributed by atoms with Crippen molar-refractivity contribution in [1.29, 1.82) is 0 Å². The second-order valence-corrected chi connectivity index (χ2v) is 3.10. The van der Waals surface area contributed by atoms with Gasteiger partial charge in [-0.15, -0.1) is 4.99 Å². The van der Waals surface area contributed by atoms with Crippen LogP contribution in [-0.4, -0.2) is 19.3 Å². The standard InChI is InChI=1S/C10H7F2NO3/c11-10(12,13-6-14)7-1-2-8-9(5-7)16-4-3-15-8/h1-2,5H,3-4H2. The number of benzene rings is 1. The first kappa shape index (κ1) is 10.6. The molecule has 0 amide bonds. The van der Waals surface area contributed by atoms with E-state index < -0.39 is 11.6 Å². The number of alkyl halides is 2. The number of isocyanates is 1. The lowest BCUT2D eigenvalue weighted by atomic mass is 10.1. The number of fused-ring (bicyclic) bond motifs is 1. The van der Waals surface area contributed by atoms with Gasteiger partial charge < -0.3 is 9.47 Å². The van der Waals surface area contributed by atoms with Gasteiger partial charge in [0.2, 0.25) is 6.08 Å². The highest BCUT2D eigenvalue weighted by atomic mass is 19.3. The van der Waals surface area contributed by atoms with Gasteiger partial charge in [0.25, 0.3) is 0 Å².